The minimum Gasteiger partial charge on any atom is -0.350 e. The van der Waals surface area contributed by atoms with Gasteiger partial charge in [-0.05, 0) is 31.8 Å². The third kappa shape index (κ3) is 5.57. The summed E-state index contributed by atoms with van der Waals surface area (Å²) in [5.41, 5.74) is 5.73. The lowest BCUT2D eigenvalue weighted by molar-refractivity contribution is -0.117. The molecule has 0 aromatic carbocycles. The van der Waals surface area contributed by atoms with Crippen LogP contribution in [0.4, 0.5) is 0 Å². The summed E-state index contributed by atoms with van der Waals surface area (Å²) in [6, 6.07) is 0.650. The molecule has 1 amide bonds. The van der Waals surface area contributed by atoms with Crippen molar-refractivity contribution >= 4 is 32.9 Å². The van der Waals surface area contributed by atoms with Gasteiger partial charge in [-0.2, -0.15) is 27.0 Å². The molecule has 3 nitrogen and oxygen atoms in total. The Morgan fingerprint density at radius 2 is 1.79 bits per heavy atom. The Bertz CT molecular complexity index is 180. The van der Waals surface area contributed by atoms with E-state index in [0.717, 1.165) is 25.7 Å². The van der Waals surface area contributed by atoms with Gasteiger partial charge in [0.2, 0.25) is 5.91 Å². The van der Waals surface area contributed by atoms with Crippen LogP contribution >= 0.6 is 27.0 Å². The Morgan fingerprint density at radius 3 is 2.21 bits per heavy atom. The maximum absolute atomic E-state index is 10.9. The highest BCUT2D eigenvalue weighted by Gasteiger charge is 2.18. The Hall–Kier alpha value is -0.130. The topological polar surface area (TPSA) is 55.1 Å². The van der Waals surface area contributed by atoms with E-state index in [-0.39, 0.29) is 32.9 Å². The molecule has 0 spiro atoms. The molecule has 0 heterocycles. The van der Waals surface area contributed by atoms with E-state index in [4.69, 9.17) is 5.73 Å². The van der Waals surface area contributed by atoms with Crippen LogP contribution in [0.2, 0.25) is 0 Å². The third-order valence-corrected chi connectivity index (χ3v) is 2.30. The largest absolute Gasteiger partial charge is 0.350 e. The SMILES string of the molecule is C=CC(=O)NC1CCC(N)CC1.S.S. The summed E-state index contributed by atoms with van der Waals surface area (Å²) in [5, 5.41) is 2.88. The summed E-state index contributed by atoms with van der Waals surface area (Å²) in [6.45, 7) is 3.40. The first-order valence-corrected chi connectivity index (χ1v) is 4.41. The molecule has 0 bridgehead atoms. The monoisotopic (exact) mass is 236 g/mol. The lowest BCUT2D eigenvalue weighted by Crippen LogP contribution is -2.39. The minimum absolute atomic E-state index is 0. The van der Waals surface area contributed by atoms with Crippen molar-refractivity contribution in [3.8, 4) is 0 Å². The van der Waals surface area contributed by atoms with E-state index in [1.807, 2.05) is 0 Å². The van der Waals surface area contributed by atoms with Crippen molar-refractivity contribution in [1.82, 2.24) is 5.32 Å². The summed E-state index contributed by atoms with van der Waals surface area (Å²) in [7, 11) is 0. The summed E-state index contributed by atoms with van der Waals surface area (Å²) in [5.74, 6) is -0.0736. The smallest absolute Gasteiger partial charge is 0.243 e. The quantitative estimate of drug-likeness (QED) is 0.696. The second-order valence-electron chi connectivity index (χ2n) is 3.32. The first-order valence-electron chi connectivity index (χ1n) is 4.41. The number of hydrogen-bond acceptors (Lipinski definition) is 2. The first kappa shape index (κ1) is 16.3. The van der Waals surface area contributed by atoms with Crippen molar-refractivity contribution in [2.45, 2.75) is 37.8 Å². The van der Waals surface area contributed by atoms with Gasteiger partial charge in [-0.1, -0.05) is 6.58 Å². The fourth-order valence-electron chi connectivity index (χ4n) is 1.52. The Balaban J connectivity index is 0. The molecule has 1 aliphatic rings. The molecule has 0 atom stereocenters. The van der Waals surface area contributed by atoms with E-state index in [9.17, 15) is 4.79 Å². The van der Waals surface area contributed by atoms with E-state index < -0.39 is 0 Å². The molecule has 0 radical (unpaired) electrons. The molecule has 0 saturated heterocycles. The molecular formula is C9H20N2OS2. The molecule has 1 saturated carbocycles. The Morgan fingerprint density at radius 1 is 1.29 bits per heavy atom. The maximum atomic E-state index is 10.9. The summed E-state index contributed by atoms with van der Waals surface area (Å²) in [6.07, 6.45) is 5.35. The average Bonchev–Trinajstić information content (AvgIpc) is 2.09. The summed E-state index contributed by atoms with van der Waals surface area (Å²) in [4.78, 5) is 10.9. The molecule has 3 N–H and O–H groups in total. The summed E-state index contributed by atoms with van der Waals surface area (Å²) < 4.78 is 0. The van der Waals surface area contributed by atoms with Crippen LogP contribution in [0.1, 0.15) is 25.7 Å². The van der Waals surface area contributed by atoms with Gasteiger partial charge in [0.15, 0.2) is 0 Å². The van der Waals surface area contributed by atoms with Crippen molar-refractivity contribution in [1.29, 1.82) is 0 Å². The van der Waals surface area contributed by atoms with Crippen LogP contribution in [0.5, 0.6) is 0 Å². The molecule has 1 rings (SSSR count). The van der Waals surface area contributed by atoms with E-state index in [1.54, 1.807) is 0 Å². The molecule has 14 heavy (non-hydrogen) atoms. The Kier molecular flexibility index (Phi) is 9.55. The summed E-state index contributed by atoms with van der Waals surface area (Å²) >= 11 is 0. The van der Waals surface area contributed by atoms with Crippen LogP contribution < -0.4 is 11.1 Å². The average molecular weight is 236 g/mol. The lowest BCUT2D eigenvalue weighted by Gasteiger charge is -2.26. The third-order valence-electron chi connectivity index (χ3n) is 2.30. The number of carbonyl (C=O) groups is 1. The fourth-order valence-corrected chi connectivity index (χ4v) is 1.52. The van der Waals surface area contributed by atoms with Crippen molar-refractivity contribution in [2.75, 3.05) is 0 Å². The normalized spacial score (nSPS) is 25.2. The van der Waals surface area contributed by atoms with Crippen LogP contribution in [-0.4, -0.2) is 18.0 Å². The zero-order valence-corrected chi connectivity index (χ0v) is 10.3. The van der Waals surface area contributed by atoms with E-state index in [2.05, 4.69) is 11.9 Å². The van der Waals surface area contributed by atoms with Gasteiger partial charge in [0, 0.05) is 12.1 Å². The van der Waals surface area contributed by atoms with Crippen LogP contribution in [0, 0.1) is 0 Å². The second-order valence-corrected chi connectivity index (χ2v) is 3.32. The molecule has 84 valence electrons. The lowest BCUT2D eigenvalue weighted by atomic mass is 9.92. The fraction of sp³-hybridized carbons (Fsp3) is 0.667. The number of carbonyl (C=O) groups excluding carboxylic acids is 1. The standard InChI is InChI=1S/C9H16N2O.2H2S/c1-2-9(12)11-8-5-3-7(10)4-6-8;;/h2,7-8H,1,3-6,10H2,(H,11,12);2*1H2. The van der Waals surface area contributed by atoms with Gasteiger partial charge < -0.3 is 11.1 Å². The minimum atomic E-state index is -0.0736. The van der Waals surface area contributed by atoms with E-state index in [1.165, 1.54) is 6.08 Å². The molecule has 0 aliphatic heterocycles. The predicted molar refractivity (Wildman–Crippen MR) is 69.3 cm³/mol. The van der Waals surface area contributed by atoms with E-state index in [0.29, 0.717) is 12.1 Å². The molecule has 1 fully saturated rings. The van der Waals surface area contributed by atoms with Crippen molar-refractivity contribution in [2.24, 2.45) is 5.73 Å². The first-order chi connectivity index (χ1) is 5.72. The van der Waals surface area contributed by atoms with Crippen LogP contribution in [-0.2, 0) is 4.79 Å². The van der Waals surface area contributed by atoms with Gasteiger partial charge in [-0.25, -0.2) is 0 Å². The molecule has 0 aromatic heterocycles. The van der Waals surface area contributed by atoms with Crippen LogP contribution in [0.25, 0.3) is 0 Å². The molecular weight excluding hydrogens is 216 g/mol. The highest BCUT2D eigenvalue weighted by atomic mass is 32.1. The second kappa shape index (κ2) is 8.20. The van der Waals surface area contributed by atoms with Gasteiger partial charge in [0.05, 0.1) is 0 Å². The van der Waals surface area contributed by atoms with Crippen molar-refractivity contribution < 1.29 is 4.79 Å². The van der Waals surface area contributed by atoms with Gasteiger partial charge in [-0.15, -0.1) is 0 Å². The predicted octanol–water partition coefficient (Wildman–Crippen LogP) is 0.784. The highest BCUT2D eigenvalue weighted by Crippen LogP contribution is 2.16. The van der Waals surface area contributed by atoms with Crippen molar-refractivity contribution in [3.05, 3.63) is 12.7 Å². The number of nitrogens with one attached hydrogen (secondary N) is 1. The van der Waals surface area contributed by atoms with Crippen LogP contribution in [0.3, 0.4) is 0 Å². The van der Waals surface area contributed by atoms with Gasteiger partial charge in [0.25, 0.3) is 0 Å². The van der Waals surface area contributed by atoms with Gasteiger partial charge in [0.1, 0.15) is 0 Å². The number of hydrogen-bond donors (Lipinski definition) is 2. The molecule has 1 aliphatic carbocycles. The van der Waals surface area contributed by atoms with Gasteiger partial charge in [-0.3, -0.25) is 4.79 Å². The van der Waals surface area contributed by atoms with Crippen molar-refractivity contribution in [3.63, 3.8) is 0 Å². The molecule has 0 aromatic rings. The Labute approximate surface area is 99.4 Å². The number of nitrogens with two attached hydrogens (primary N) is 1. The zero-order valence-electron chi connectivity index (χ0n) is 8.25. The number of amides is 1. The zero-order chi connectivity index (χ0) is 8.97. The highest BCUT2D eigenvalue weighted by molar-refractivity contribution is 7.59. The molecule has 5 heteroatoms. The maximum Gasteiger partial charge on any atom is 0.243 e. The van der Waals surface area contributed by atoms with Gasteiger partial charge >= 0.3 is 0 Å². The van der Waals surface area contributed by atoms with Crippen LogP contribution in [0.15, 0.2) is 12.7 Å². The molecule has 0 unspecified atom stereocenters. The van der Waals surface area contributed by atoms with E-state index >= 15 is 0 Å². The number of rotatable bonds is 2.